The summed E-state index contributed by atoms with van der Waals surface area (Å²) < 4.78 is 44.6. The number of halogens is 5. The van der Waals surface area contributed by atoms with Crippen LogP contribution in [-0.4, -0.2) is 27.8 Å². The van der Waals surface area contributed by atoms with Gasteiger partial charge in [-0.25, -0.2) is 9.97 Å². The minimum atomic E-state index is -4.53. The molecule has 5 nitrogen and oxygen atoms in total. The number of rotatable bonds is 7. The monoisotopic (exact) mass is 497 g/mol. The van der Waals surface area contributed by atoms with E-state index in [1.165, 1.54) is 18.3 Å². The number of nitrogens with zero attached hydrogens (tertiary/aromatic N) is 2. The van der Waals surface area contributed by atoms with E-state index in [-0.39, 0.29) is 23.1 Å². The van der Waals surface area contributed by atoms with Crippen LogP contribution in [-0.2, 0) is 12.6 Å². The summed E-state index contributed by atoms with van der Waals surface area (Å²) >= 11 is 12.4. The van der Waals surface area contributed by atoms with Gasteiger partial charge in [0.2, 0.25) is 0 Å². The molecule has 2 aromatic carbocycles. The van der Waals surface area contributed by atoms with E-state index in [1.54, 1.807) is 6.92 Å². The Hall–Kier alpha value is -2.84. The molecule has 0 radical (unpaired) electrons. The van der Waals surface area contributed by atoms with E-state index in [9.17, 15) is 18.0 Å². The summed E-state index contributed by atoms with van der Waals surface area (Å²) in [4.78, 5) is 21.1. The van der Waals surface area contributed by atoms with E-state index in [4.69, 9.17) is 27.9 Å². The van der Waals surface area contributed by atoms with Crippen molar-refractivity contribution in [1.29, 1.82) is 0 Å². The number of aromatic nitrogens is 2. The summed E-state index contributed by atoms with van der Waals surface area (Å²) in [6, 6.07) is 9.42. The molecular formula is C23H20Cl2F3N3O2. The van der Waals surface area contributed by atoms with Gasteiger partial charge in [-0.3, -0.25) is 4.79 Å². The summed E-state index contributed by atoms with van der Waals surface area (Å²) in [7, 11) is 0. The molecule has 174 valence electrons. The third kappa shape index (κ3) is 6.58. The zero-order valence-electron chi connectivity index (χ0n) is 17.7. The van der Waals surface area contributed by atoms with Gasteiger partial charge < -0.3 is 10.1 Å². The Morgan fingerprint density at radius 3 is 2.61 bits per heavy atom. The molecule has 10 heteroatoms. The van der Waals surface area contributed by atoms with E-state index in [0.29, 0.717) is 17.3 Å². The summed E-state index contributed by atoms with van der Waals surface area (Å²) in [6.45, 7) is 3.50. The molecule has 1 N–H and O–H groups in total. The molecule has 3 aromatic rings. The smallest absolute Gasteiger partial charge is 0.416 e. The van der Waals surface area contributed by atoms with Gasteiger partial charge in [-0.1, -0.05) is 29.8 Å². The third-order valence-electron chi connectivity index (χ3n) is 4.68. The highest BCUT2D eigenvalue weighted by Crippen LogP contribution is 2.33. The molecule has 1 atom stereocenters. The summed E-state index contributed by atoms with van der Waals surface area (Å²) in [5.41, 5.74) is 0.817. The predicted octanol–water partition coefficient (Wildman–Crippen LogP) is 6.14. The number of ether oxygens (including phenoxy) is 1. The van der Waals surface area contributed by atoms with Gasteiger partial charge in [-0.2, -0.15) is 13.2 Å². The van der Waals surface area contributed by atoms with E-state index >= 15 is 0 Å². The lowest BCUT2D eigenvalue weighted by Crippen LogP contribution is -2.38. The average molecular weight is 498 g/mol. The van der Waals surface area contributed by atoms with Crippen LogP contribution in [0.1, 0.15) is 33.0 Å². The first-order valence-electron chi connectivity index (χ1n) is 9.87. The highest BCUT2D eigenvalue weighted by molar-refractivity contribution is 6.31. The second-order valence-electron chi connectivity index (χ2n) is 7.38. The van der Waals surface area contributed by atoms with Crippen molar-refractivity contribution in [2.75, 3.05) is 5.88 Å². The largest absolute Gasteiger partial charge is 0.453 e. The molecule has 0 saturated carbocycles. The first-order valence-corrected chi connectivity index (χ1v) is 10.8. The van der Waals surface area contributed by atoms with Crippen LogP contribution in [0.3, 0.4) is 0 Å². The Bertz CT molecular complexity index is 1160. The highest BCUT2D eigenvalue weighted by atomic mass is 35.5. The molecule has 1 heterocycles. The Kier molecular flexibility index (Phi) is 7.81. The van der Waals surface area contributed by atoms with Crippen LogP contribution in [0.5, 0.6) is 11.5 Å². The molecule has 0 aliphatic heterocycles. The lowest BCUT2D eigenvalue weighted by atomic mass is 10.0. The maximum atomic E-state index is 13.0. The van der Waals surface area contributed by atoms with Gasteiger partial charge in [0, 0.05) is 16.9 Å². The van der Waals surface area contributed by atoms with Crippen LogP contribution < -0.4 is 10.1 Å². The predicted molar refractivity (Wildman–Crippen MR) is 120 cm³/mol. The van der Waals surface area contributed by atoms with Crippen molar-refractivity contribution in [2.45, 2.75) is 32.5 Å². The van der Waals surface area contributed by atoms with Crippen molar-refractivity contribution >= 4 is 29.1 Å². The van der Waals surface area contributed by atoms with Gasteiger partial charge in [-0.05, 0) is 55.7 Å². The maximum Gasteiger partial charge on any atom is 0.416 e. The van der Waals surface area contributed by atoms with E-state index < -0.39 is 23.7 Å². The summed E-state index contributed by atoms with van der Waals surface area (Å²) in [6.07, 6.45) is -2.92. The Morgan fingerprint density at radius 1 is 1.18 bits per heavy atom. The zero-order chi connectivity index (χ0) is 24.2. The van der Waals surface area contributed by atoms with Crippen molar-refractivity contribution in [3.63, 3.8) is 0 Å². The van der Waals surface area contributed by atoms with Gasteiger partial charge in [-0.15, -0.1) is 11.6 Å². The molecule has 0 saturated heterocycles. The van der Waals surface area contributed by atoms with Gasteiger partial charge >= 0.3 is 6.18 Å². The molecule has 1 amide bonds. The molecule has 0 unspecified atom stereocenters. The zero-order valence-corrected chi connectivity index (χ0v) is 19.2. The number of hydrogen-bond acceptors (Lipinski definition) is 4. The lowest BCUT2D eigenvalue weighted by Gasteiger charge is -2.18. The Labute approximate surface area is 198 Å². The molecule has 1 aromatic heterocycles. The minimum Gasteiger partial charge on any atom is -0.453 e. The van der Waals surface area contributed by atoms with E-state index in [1.807, 2.05) is 25.1 Å². The van der Waals surface area contributed by atoms with E-state index in [2.05, 4.69) is 15.3 Å². The van der Waals surface area contributed by atoms with Crippen LogP contribution in [0.25, 0.3) is 0 Å². The molecule has 0 fully saturated rings. The first kappa shape index (κ1) is 24.8. The SMILES string of the molecule is Cc1ccc(C[C@H](CCl)NC(=O)c2nc(C)ncc2Oc2cccc(C(F)(F)F)c2)c(Cl)c1. The van der Waals surface area contributed by atoms with Crippen LogP contribution in [0, 0.1) is 13.8 Å². The number of carbonyl (C=O) groups excluding carboxylic acids is 1. The minimum absolute atomic E-state index is 0.0842. The Balaban J connectivity index is 1.82. The number of benzene rings is 2. The van der Waals surface area contributed by atoms with Gasteiger partial charge in [0.25, 0.3) is 5.91 Å². The average Bonchev–Trinajstić information content (AvgIpc) is 2.75. The van der Waals surface area contributed by atoms with Gasteiger partial charge in [0.15, 0.2) is 11.4 Å². The third-order valence-corrected chi connectivity index (χ3v) is 5.40. The highest BCUT2D eigenvalue weighted by Gasteiger charge is 2.31. The molecule has 0 bridgehead atoms. The number of hydrogen-bond donors (Lipinski definition) is 1. The maximum absolute atomic E-state index is 13.0. The Morgan fingerprint density at radius 2 is 1.94 bits per heavy atom. The van der Waals surface area contributed by atoms with Crippen molar-refractivity contribution in [2.24, 2.45) is 0 Å². The normalized spacial score (nSPS) is 12.3. The first-order chi connectivity index (χ1) is 15.6. The van der Waals surface area contributed by atoms with Crippen LogP contribution in [0.15, 0.2) is 48.7 Å². The van der Waals surface area contributed by atoms with Crippen molar-refractivity contribution in [3.8, 4) is 11.5 Å². The molecule has 0 spiro atoms. The topological polar surface area (TPSA) is 64.1 Å². The lowest BCUT2D eigenvalue weighted by molar-refractivity contribution is -0.137. The molecule has 3 rings (SSSR count). The number of carbonyl (C=O) groups is 1. The molecule has 0 aliphatic rings. The second-order valence-corrected chi connectivity index (χ2v) is 8.10. The standard InChI is InChI=1S/C23H20Cl2F3N3O2/c1-13-6-7-15(19(25)8-13)9-17(11-24)31-22(32)21-20(12-29-14(2)30-21)33-18-5-3-4-16(10-18)23(26,27)28/h3-8,10,12,17H,9,11H2,1-2H3,(H,31,32)/t17-/m1/s1. The fraction of sp³-hybridized carbons (Fsp3) is 0.261. The molecule has 0 aliphatic carbocycles. The van der Waals surface area contributed by atoms with Crippen molar-refractivity contribution in [1.82, 2.24) is 15.3 Å². The van der Waals surface area contributed by atoms with Crippen molar-refractivity contribution < 1.29 is 22.7 Å². The molecule has 33 heavy (non-hydrogen) atoms. The second kappa shape index (κ2) is 10.4. The molecular weight excluding hydrogens is 478 g/mol. The fourth-order valence-corrected chi connectivity index (χ4v) is 3.54. The summed E-state index contributed by atoms with van der Waals surface area (Å²) in [5, 5.41) is 3.34. The van der Waals surface area contributed by atoms with Crippen molar-refractivity contribution in [3.05, 3.63) is 81.9 Å². The van der Waals surface area contributed by atoms with Gasteiger partial charge in [0.05, 0.1) is 11.8 Å². The van der Waals surface area contributed by atoms with Crippen LogP contribution >= 0.6 is 23.2 Å². The fourth-order valence-electron chi connectivity index (χ4n) is 3.04. The quantitative estimate of drug-likeness (QED) is 0.398. The number of amides is 1. The van der Waals surface area contributed by atoms with Gasteiger partial charge in [0.1, 0.15) is 11.6 Å². The summed E-state index contributed by atoms with van der Waals surface area (Å²) in [5.74, 6) is -0.396. The van der Waals surface area contributed by atoms with Crippen LogP contribution in [0.4, 0.5) is 13.2 Å². The number of alkyl halides is 4. The van der Waals surface area contributed by atoms with E-state index in [0.717, 1.165) is 23.3 Å². The number of nitrogens with one attached hydrogen (secondary N) is 1. The van der Waals surface area contributed by atoms with Crippen LogP contribution in [0.2, 0.25) is 5.02 Å². The number of aryl methyl sites for hydroxylation is 2.